The lowest BCUT2D eigenvalue weighted by Crippen LogP contribution is -2.45. The number of nitrogens with one attached hydrogen (secondary N) is 2. The molecule has 0 bridgehead atoms. The third kappa shape index (κ3) is 4.84. The smallest absolute Gasteiger partial charge is 0.252 e. The van der Waals surface area contributed by atoms with E-state index in [9.17, 15) is 4.79 Å². The van der Waals surface area contributed by atoms with Crippen LogP contribution in [0.15, 0.2) is 10.9 Å². The highest BCUT2D eigenvalue weighted by molar-refractivity contribution is 5.38. The van der Waals surface area contributed by atoms with E-state index >= 15 is 0 Å². The van der Waals surface area contributed by atoms with Crippen LogP contribution in [0.5, 0.6) is 0 Å². The number of piperidine rings is 1. The molecule has 1 saturated heterocycles. The summed E-state index contributed by atoms with van der Waals surface area (Å²) >= 11 is 0. The van der Waals surface area contributed by atoms with Gasteiger partial charge in [0.2, 0.25) is 0 Å². The van der Waals surface area contributed by atoms with Crippen molar-refractivity contribution in [2.24, 2.45) is 5.92 Å². The summed E-state index contributed by atoms with van der Waals surface area (Å²) in [5, 5.41) is 3.58. The zero-order chi connectivity index (χ0) is 15.5. The lowest BCUT2D eigenvalue weighted by atomic mass is 9.96. The van der Waals surface area contributed by atoms with E-state index in [1.54, 1.807) is 6.07 Å². The second kappa shape index (κ2) is 6.60. The number of nitrogens with zero attached hydrogens (tertiary/aromatic N) is 2. The molecule has 1 aliphatic heterocycles. The number of hydrogen-bond donors (Lipinski definition) is 2. The highest BCUT2D eigenvalue weighted by Gasteiger charge is 2.22. The van der Waals surface area contributed by atoms with Gasteiger partial charge in [-0.2, -0.15) is 0 Å². The average molecular weight is 292 g/mol. The van der Waals surface area contributed by atoms with Gasteiger partial charge in [0, 0.05) is 37.7 Å². The molecule has 0 aliphatic carbocycles. The topological polar surface area (TPSA) is 61.0 Å². The monoisotopic (exact) mass is 292 g/mol. The maximum atomic E-state index is 11.7. The van der Waals surface area contributed by atoms with Crippen LogP contribution in [0.3, 0.4) is 0 Å². The minimum atomic E-state index is -0.0493. The molecule has 2 N–H and O–H groups in total. The third-order valence-corrected chi connectivity index (χ3v) is 3.88. The molecule has 1 atom stereocenters. The van der Waals surface area contributed by atoms with Gasteiger partial charge in [-0.15, -0.1) is 0 Å². The van der Waals surface area contributed by atoms with Crippen LogP contribution in [0.4, 0.5) is 5.82 Å². The quantitative estimate of drug-likeness (QED) is 0.890. The van der Waals surface area contributed by atoms with Gasteiger partial charge in [-0.3, -0.25) is 4.79 Å². The number of aryl methyl sites for hydroxylation is 1. The van der Waals surface area contributed by atoms with Gasteiger partial charge in [0.1, 0.15) is 11.6 Å². The van der Waals surface area contributed by atoms with Gasteiger partial charge in [-0.1, -0.05) is 6.92 Å². The fourth-order valence-electron chi connectivity index (χ4n) is 2.71. The van der Waals surface area contributed by atoms with Crippen LogP contribution in [0, 0.1) is 5.92 Å². The van der Waals surface area contributed by atoms with Crippen LogP contribution < -0.4 is 15.8 Å². The van der Waals surface area contributed by atoms with E-state index in [4.69, 9.17) is 0 Å². The van der Waals surface area contributed by atoms with Crippen molar-refractivity contribution in [1.82, 2.24) is 15.3 Å². The van der Waals surface area contributed by atoms with Crippen LogP contribution in [0.1, 0.15) is 46.4 Å². The highest BCUT2D eigenvalue weighted by Crippen LogP contribution is 2.21. The number of rotatable bonds is 4. The maximum Gasteiger partial charge on any atom is 0.252 e. The van der Waals surface area contributed by atoms with Crippen LogP contribution in [0.2, 0.25) is 0 Å². The Hall–Kier alpha value is -1.36. The number of hydrogen-bond acceptors (Lipinski definition) is 4. The van der Waals surface area contributed by atoms with Gasteiger partial charge in [0.25, 0.3) is 5.56 Å². The molecule has 1 aromatic rings. The molecule has 1 aromatic heterocycles. The van der Waals surface area contributed by atoms with Crippen LogP contribution in [-0.2, 0) is 6.42 Å². The largest absolute Gasteiger partial charge is 0.356 e. The second-order valence-electron chi connectivity index (χ2n) is 6.99. The molecule has 0 aromatic carbocycles. The lowest BCUT2D eigenvalue weighted by Gasteiger charge is -2.35. The van der Waals surface area contributed by atoms with Crippen LogP contribution in [0.25, 0.3) is 0 Å². The van der Waals surface area contributed by atoms with Gasteiger partial charge in [-0.05, 0) is 39.5 Å². The van der Waals surface area contributed by atoms with E-state index in [2.05, 4.69) is 41.0 Å². The van der Waals surface area contributed by atoms with E-state index in [0.29, 0.717) is 5.92 Å². The van der Waals surface area contributed by atoms with Crippen molar-refractivity contribution in [3.63, 3.8) is 0 Å². The zero-order valence-electron chi connectivity index (χ0n) is 13.7. The summed E-state index contributed by atoms with van der Waals surface area (Å²) < 4.78 is 0. The first-order chi connectivity index (χ1) is 9.87. The van der Waals surface area contributed by atoms with Gasteiger partial charge in [0.05, 0.1) is 0 Å². The molecule has 0 saturated carbocycles. The van der Waals surface area contributed by atoms with Gasteiger partial charge in [0.15, 0.2) is 0 Å². The minimum Gasteiger partial charge on any atom is -0.356 e. The summed E-state index contributed by atoms with van der Waals surface area (Å²) in [4.78, 5) is 21.3. The first kappa shape index (κ1) is 16.0. The molecule has 118 valence electrons. The molecular formula is C16H28N4O. The van der Waals surface area contributed by atoms with E-state index in [0.717, 1.165) is 44.1 Å². The molecule has 5 heteroatoms. The van der Waals surface area contributed by atoms with Crippen molar-refractivity contribution in [1.29, 1.82) is 0 Å². The summed E-state index contributed by atoms with van der Waals surface area (Å²) in [5.74, 6) is 2.22. The standard InChI is InChI=1S/C16H28N4O/c1-5-13-18-14(9-15(21)19-13)20-8-6-7-12(11-20)10-17-16(2,3)4/h9,12,17H,5-8,10-11H2,1-4H3,(H,18,19,21). The van der Waals surface area contributed by atoms with Crippen molar-refractivity contribution in [2.45, 2.75) is 52.5 Å². The van der Waals surface area contributed by atoms with Crippen molar-refractivity contribution >= 4 is 5.82 Å². The highest BCUT2D eigenvalue weighted by atomic mass is 16.1. The van der Waals surface area contributed by atoms with E-state index in [-0.39, 0.29) is 11.1 Å². The Morgan fingerprint density at radius 2 is 2.24 bits per heavy atom. The van der Waals surface area contributed by atoms with E-state index < -0.39 is 0 Å². The Morgan fingerprint density at radius 3 is 2.90 bits per heavy atom. The summed E-state index contributed by atoms with van der Waals surface area (Å²) in [6.45, 7) is 11.6. The Bertz CT molecular complexity index is 518. The molecule has 0 radical (unpaired) electrons. The third-order valence-electron chi connectivity index (χ3n) is 3.88. The normalized spacial score (nSPS) is 19.8. The molecule has 2 rings (SSSR count). The molecule has 1 fully saturated rings. The molecule has 0 spiro atoms. The Balaban J connectivity index is 2.03. The summed E-state index contributed by atoms with van der Waals surface area (Å²) in [6, 6.07) is 1.62. The number of anilines is 1. The molecular weight excluding hydrogens is 264 g/mol. The van der Waals surface area contributed by atoms with Crippen LogP contribution in [-0.4, -0.2) is 35.1 Å². The van der Waals surface area contributed by atoms with Gasteiger partial charge in [-0.25, -0.2) is 4.98 Å². The number of aromatic amines is 1. The maximum absolute atomic E-state index is 11.7. The van der Waals surface area contributed by atoms with E-state index in [1.807, 2.05) is 6.92 Å². The fourth-order valence-corrected chi connectivity index (χ4v) is 2.71. The fraction of sp³-hybridized carbons (Fsp3) is 0.750. The SMILES string of the molecule is CCc1nc(N2CCCC(CNC(C)(C)C)C2)cc(=O)[nH]1. The van der Waals surface area contributed by atoms with Crippen molar-refractivity contribution in [3.05, 3.63) is 22.2 Å². The van der Waals surface area contributed by atoms with Gasteiger partial charge >= 0.3 is 0 Å². The predicted octanol–water partition coefficient (Wildman–Crippen LogP) is 1.94. The number of aromatic nitrogens is 2. The molecule has 2 heterocycles. The molecule has 1 aliphatic rings. The van der Waals surface area contributed by atoms with E-state index in [1.165, 1.54) is 6.42 Å². The number of H-pyrrole nitrogens is 1. The first-order valence-corrected chi connectivity index (χ1v) is 7.97. The molecule has 21 heavy (non-hydrogen) atoms. The van der Waals surface area contributed by atoms with Crippen molar-refractivity contribution in [3.8, 4) is 0 Å². The zero-order valence-corrected chi connectivity index (χ0v) is 13.7. The lowest BCUT2D eigenvalue weighted by molar-refractivity contribution is 0.334. The predicted molar refractivity (Wildman–Crippen MR) is 86.9 cm³/mol. The Kier molecular flexibility index (Phi) is 5.04. The second-order valence-corrected chi connectivity index (χ2v) is 6.99. The van der Waals surface area contributed by atoms with Crippen LogP contribution >= 0.6 is 0 Å². The van der Waals surface area contributed by atoms with Crippen molar-refractivity contribution in [2.75, 3.05) is 24.5 Å². The van der Waals surface area contributed by atoms with Gasteiger partial charge < -0.3 is 15.2 Å². The summed E-state index contributed by atoms with van der Waals surface area (Å²) in [5.41, 5.74) is 0.103. The first-order valence-electron chi connectivity index (χ1n) is 7.97. The summed E-state index contributed by atoms with van der Waals surface area (Å²) in [6.07, 6.45) is 3.15. The Labute approximate surface area is 127 Å². The van der Waals surface area contributed by atoms with Crippen molar-refractivity contribution < 1.29 is 0 Å². The average Bonchev–Trinajstić information content (AvgIpc) is 2.44. The molecule has 1 unspecified atom stereocenters. The Morgan fingerprint density at radius 1 is 1.48 bits per heavy atom. The minimum absolute atomic E-state index is 0.0493. The summed E-state index contributed by atoms with van der Waals surface area (Å²) in [7, 11) is 0. The molecule has 5 nitrogen and oxygen atoms in total. The molecule has 0 amide bonds.